The van der Waals surface area contributed by atoms with E-state index in [2.05, 4.69) is 15.9 Å². The van der Waals surface area contributed by atoms with Gasteiger partial charge in [-0.05, 0) is 17.7 Å². The van der Waals surface area contributed by atoms with Crippen LogP contribution >= 0.6 is 15.9 Å². The number of benzene rings is 1. The van der Waals surface area contributed by atoms with Crippen LogP contribution in [0.25, 0.3) is 0 Å². The second-order valence-electron chi connectivity index (χ2n) is 3.72. The molecule has 0 aliphatic carbocycles. The van der Waals surface area contributed by atoms with E-state index < -0.39 is 11.7 Å². The maximum atomic E-state index is 10.9. The van der Waals surface area contributed by atoms with Crippen molar-refractivity contribution in [3.05, 3.63) is 34.3 Å². The van der Waals surface area contributed by atoms with Gasteiger partial charge in [0.1, 0.15) is 0 Å². The number of nitrogens with two attached hydrogens (primary N) is 1. The van der Waals surface area contributed by atoms with Gasteiger partial charge >= 0.3 is 6.09 Å². The molecule has 0 radical (unpaired) electrons. The highest BCUT2D eigenvalue weighted by molar-refractivity contribution is 9.10. The zero-order valence-corrected chi connectivity index (χ0v) is 10.2. The van der Waals surface area contributed by atoms with E-state index in [9.17, 15) is 4.79 Å². The number of halogens is 1. The van der Waals surface area contributed by atoms with Crippen LogP contribution in [0.5, 0.6) is 0 Å². The van der Waals surface area contributed by atoms with Gasteiger partial charge < -0.3 is 15.2 Å². The summed E-state index contributed by atoms with van der Waals surface area (Å²) in [6.07, 6.45) is -0.134. The number of hydrogen-bond donors (Lipinski definition) is 1. The summed E-state index contributed by atoms with van der Waals surface area (Å²) < 4.78 is 11.5. The highest BCUT2D eigenvalue weighted by Crippen LogP contribution is 2.34. The minimum absolute atomic E-state index is 0.359. The SMILES string of the molecule is NC(=O)OC1(c2ccc(Br)cc2)CCOC1. The molecule has 0 bridgehead atoms. The molecular weight excluding hydrogens is 274 g/mol. The molecule has 1 aromatic carbocycles. The fourth-order valence-electron chi connectivity index (χ4n) is 1.86. The van der Waals surface area contributed by atoms with Crippen LogP contribution in [0.1, 0.15) is 12.0 Å². The van der Waals surface area contributed by atoms with Crippen LogP contribution in [0, 0.1) is 0 Å². The summed E-state index contributed by atoms with van der Waals surface area (Å²) in [4.78, 5) is 10.9. The lowest BCUT2D eigenvalue weighted by molar-refractivity contribution is 0.00414. The summed E-state index contributed by atoms with van der Waals surface area (Å²) in [5.74, 6) is 0. The first-order valence-corrected chi connectivity index (χ1v) is 5.74. The van der Waals surface area contributed by atoms with E-state index in [0.29, 0.717) is 19.6 Å². The van der Waals surface area contributed by atoms with Gasteiger partial charge in [0.25, 0.3) is 0 Å². The number of ether oxygens (including phenoxy) is 2. The van der Waals surface area contributed by atoms with Crippen molar-refractivity contribution in [2.24, 2.45) is 5.73 Å². The average molecular weight is 286 g/mol. The lowest BCUT2D eigenvalue weighted by Crippen LogP contribution is -2.35. The van der Waals surface area contributed by atoms with E-state index in [1.54, 1.807) is 0 Å². The predicted molar refractivity (Wildman–Crippen MR) is 61.9 cm³/mol. The third-order valence-electron chi connectivity index (χ3n) is 2.65. The summed E-state index contributed by atoms with van der Waals surface area (Å²) in [6, 6.07) is 7.61. The molecule has 2 rings (SSSR count). The third-order valence-corrected chi connectivity index (χ3v) is 3.18. The lowest BCUT2D eigenvalue weighted by atomic mass is 9.93. The highest BCUT2D eigenvalue weighted by Gasteiger charge is 2.40. The van der Waals surface area contributed by atoms with E-state index in [0.717, 1.165) is 10.0 Å². The van der Waals surface area contributed by atoms with Gasteiger partial charge in [0, 0.05) is 10.9 Å². The van der Waals surface area contributed by atoms with Gasteiger partial charge in [-0.15, -0.1) is 0 Å². The Bertz CT molecular complexity index is 385. The summed E-state index contributed by atoms with van der Waals surface area (Å²) in [5, 5.41) is 0. The van der Waals surface area contributed by atoms with E-state index in [1.165, 1.54) is 0 Å². The molecule has 1 saturated heterocycles. The molecule has 1 heterocycles. The molecule has 16 heavy (non-hydrogen) atoms. The first kappa shape index (κ1) is 11.4. The minimum atomic E-state index is -0.770. The van der Waals surface area contributed by atoms with Gasteiger partial charge in [0.2, 0.25) is 0 Å². The lowest BCUT2D eigenvalue weighted by Gasteiger charge is -2.27. The molecule has 0 aromatic heterocycles. The van der Waals surface area contributed by atoms with Crippen molar-refractivity contribution in [1.29, 1.82) is 0 Å². The number of carbonyl (C=O) groups is 1. The number of amides is 1. The number of primary amides is 1. The molecule has 0 spiro atoms. The molecule has 1 aliphatic rings. The average Bonchev–Trinajstić information content (AvgIpc) is 2.67. The third kappa shape index (κ3) is 2.20. The van der Waals surface area contributed by atoms with Crippen molar-refractivity contribution in [2.75, 3.05) is 13.2 Å². The number of hydrogen-bond acceptors (Lipinski definition) is 3. The van der Waals surface area contributed by atoms with Crippen molar-refractivity contribution in [1.82, 2.24) is 0 Å². The Morgan fingerprint density at radius 1 is 1.44 bits per heavy atom. The molecular formula is C11H12BrNO3. The summed E-state index contributed by atoms with van der Waals surface area (Å²) in [5.41, 5.74) is 5.29. The van der Waals surface area contributed by atoms with E-state index >= 15 is 0 Å². The van der Waals surface area contributed by atoms with Crippen LogP contribution in [0.3, 0.4) is 0 Å². The Hall–Kier alpha value is -1.07. The minimum Gasteiger partial charge on any atom is -0.436 e. The molecule has 2 N–H and O–H groups in total. The van der Waals surface area contributed by atoms with Crippen molar-refractivity contribution < 1.29 is 14.3 Å². The van der Waals surface area contributed by atoms with Crippen LogP contribution in [0.4, 0.5) is 4.79 Å². The van der Waals surface area contributed by atoms with E-state index in [1.807, 2.05) is 24.3 Å². The monoisotopic (exact) mass is 285 g/mol. The van der Waals surface area contributed by atoms with Crippen LogP contribution in [0.15, 0.2) is 28.7 Å². The maximum Gasteiger partial charge on any atom is 0.405 e. The van der Waals surface area contributed by atoms with Crippen LogP contribution < -0.4 is 5.73 Å². The zero-order valence-electron chi connectivity index (χ0n) is 8.61. The predicted octanol–water partition coefficient (Wildman–Crippen LogP) is 2.16. The van der Waals surface area contributed by atoms with Crippen molar-refractivity contribution in [3.8, 4) is 0 Å². The Morgan fingerprint density at radius 2 is 2.12 bits per heavy atom. The molecule has 1 fully saturated rings. The highest BCUT2D eigenvalue weighted by atomic mass is 79.9. The van der Waals surface area contributed by atoms with Gasteiger partial charge in [-0.25, -0.2) is 4.79 Å². The Balaban J connectivity index is 2.31. The molecule has 5 heteroatoms. The normalized spacial score (nSPS) is 24.3. The second kappa shape index (κ2) is 4.43. The maximum absolute atomic E-state index is 10.9. The second-order valence-corrected chi connectivity index (χ2v) is 4.64. The molecule has 1 aliphatic heterocycles. The van der Waals surface area contributed by atoms with Crippen LogP contribution in [0.2, 0.25) is 0 Å². The molecule has 1 aromatic rings. The largest absolute Gasteiger partial charge is 0.436 e. The molecule has 0 saturated carbocycles. The van der Waals surface area contributed by atoms with Gasteiger partial charge in [0.15, 0.2) is 5.60 Å². The molecule has 86 valence electrons. The fraction of sp³-hybridized carbons (Fsp3) is 0.364. The first-order valence-electron chi connectivity index (χ1n) is 4.95. The van der Waals surface area contributed by atoms with Crippen molar-refractivity contribution in [2.45, 2.75) is 12.0 Å². The van der Waals surface area contributed by atoms with Crippen LogP contribution in [-0.2, 0) is 15.1 Å². The van der Waals surface area contributed by atoms with Crippen molar-refractivity contribution >= 4 is 22.0 Å². The Morgan fingerprint density at radius 3 is 2.62 bits per heavy atom. The molecule has 4 nitrogen and oxygen atoms in total. The Kier molecular flexibility index (Phi) is 3.16. The molecule has 1 atom stereocenters. The van der Waals surface area contributed by atoms with E-state index in [-0.39, 0.29) is 0 Å². The van der Waals surface area contributed by atoms with Gasteiger partial charge in [-0.2, -0.15) is 0 Å². The fourth-order valence-corrected chi connectivity index (χ4v) is 2.12. The van der Waals surface area contributed by atoms with Crippen LogP contribution in [-0.4, -0.2) is 19.3 Å². The van der Waals surface area contributed by atoms with Gasteiger partial charge in [0.05, 0.1) is 13.2 Å². The zero-order chi connectivity index (χ0) is 11.6. The number of rotatable bonds is 2. The summed E-state index contributed by atoms with van der Waals surface area (Å²) in [7, 11) is 0. The Labute approximate surface area is 102 Å². The standard InChI is InChI=1S/C11H12BrNO3/c12-9-3-1-8(2-4-9)11(16-10(13)14)5-6-15-7-11/h1-4H,5-7H2,(H2,13,14). The first-order chi connectivity index (χ1) is 7.62. The van der Waals surface area contributed by atoms with Crippen molar-refractivity contribution in [3.63, 3.8) is 0 Å². The smallest absolute Gasteiger partial charge is 0.405 e. The summed E-state index contributed by atoms with van der Waals surface area (Å²) >= 11 is 3.36. The van der Waals surface area contributed by atoms with Gasteiger partial charge in [-0.1, -0.05) is 28.1 Å². The molecule has 1 unspecified atom stereocenters. The molecule has 1 amide bonds. The van der Waals surface area contributed by atoms with Gasteiger partial charge in [-0.3, -0.25) is 0 Å². The van der Waals surface area contributed by atoms with E-state index in [4.69, 9.17) is 15.2 Å². The number of carbonyl (C=O) groups excluding carboxylic acids is 1. The summed E-state index contributed by atoms with van der Waals surface area (Å²) in [6.45, 7) is 0.931. The quantitative estimate of drug-likeness (QED) is 0.906. The topological polar surface area (TPSA) is 61.6 Å².